The van der Waals surface area contributed by atoms with Gasteiger partial charge in [0.25, 0.3) is 0 Å². The zero-order chi connectivity index (χ0) is 10.4. The van der Waals surface area contributed by atoms with Crippen LogP contribution in [0.25, 0.3) is 5.57 Å². The summed E-state index contributed by atoms with van der Waals surface area (Å²) in [7, 11) is 0. The molecule has 0 aliphatic heterocycles. The summed E-state index contributed by atoms with van der Waals surface area (Å²) in [4.78, 5) is 0. The Labute approximate surface area is 86.0 Å². The third-order valence-corrected chi connectivity index (χ3v) is 2.04. The number of hydrogen-bond acceptors (Lipinski definition) is 0. The highest BCUT2D eigenvalue weighted by molar-refractivity contribution is 5.65. The molecule has 0 N–H and O–H groups in total. The topological polar surface area (TPSA) is 0 Å². The lowest BCUT2D eigenvalue weighted by Crippen LogP contribution is -1.77. The van der Waals surface area contributed by atoms with Gasteiger partial charge < -0.3 is 0 Å². The largest absolute Gasteiger partial charge is 0.115 e. The van der Waals surface area contributed by atoms with E-state index < -0.39 is 0 Å². The molecule has 0 heterocycles. The predicted molar refractivity (Wildman–Crippen MR) is 62.7 cm³/mol. The van der Waals surface area contributed by atoms with Crippen LogP contribution in [-0.2, 0) is 0 Å². The second-order valence-electron chi connectivity index (χ2n) is 3.21. The van der Waals surface area contributed by atoms with Crippen LogP contribution in [0.5, 0.6) is 0 Å². The fourth-order valence-corrected chi connectivity index (χ4v) is 1.10. The van der Waals surface area contributed by atoms with Crippen molar-refractivity contribution in [1.29, 1.82) is 0 Å². The minimum Gasteiger partial charge on any atom is -0.115 e. The van der Waals surface area contributed by atoms with Crippen LogP contribution in [0.3, 0.4) is 0 Å². The molecule has 0 atom stereocenters. The van der Waals surface area contributed by atoms with Crippen LogP contribution in [0.2, 0.25) is 0 Å². The van der Waals surface area contributed by atoms with Crippen LogP contribution < -0.4 is 0 Å². The molecule has 1 aromatic carbocycles. The summed E-state index contributed by atoms with van der Waals surface area (Å²) in [6, 6.07) is 10.3. The lowest BCUT2D eigenvalue weighted by molar-refractivity contribution is 1.54. The molecule has 0 aliphatic carbocycles. The maximum absolute atomic E-state index is 5.25. The van der Waals surface area contributed by atoms with Gasteiger partial charge in [-0.15, -0.1) is 6.42 Å². The van der Waals surface area contributed by atoms with Crippen molar-refractivity contribution in [3.05, 3.63) is 53.6 Å². The molecule has 0 aliphatic rings. The normalized spacial score (nSPS) is 12.4. The molecule has 0 saturated heterocycles. The lowest BCUT2D eigenvalue weighted by Gasteiger charge is -1.98. The third-order valence-electron chi connectivity index (χ3n) is 2.04. The average molecular weight is 182 g/mol. The van der Waals surface area contributed by atoms with Crippen molar-refractivity contribution in [1.82, 2.24) is 0 Å². The molecule has 0 bridgehead atoms. The summed E-state index contributed by atoms with van der Waals surface area (Å²) in [5, 5.41) is 0. The second kappa shape index (κ2) is 5.09. The number of terminal acetylenes is 1. The van der Waals surface area contributed by atoms with Gasteiger partial charge in [-0.3, -0.25) is 0 Å². The fourth-order valence-electron chi connectivity index (χ4n) is 1.10. The standard InChI is InChI=1S/C14H14/c1-4-12(2)10-11-13(3)14-8-6-5-7-9-14/h1,5-11H,2-3H3. The van der Waals surface area contributed by atoms with Crippen LogP contribution in [0.15, 0.2) is 48.1 Å². The smallest absolute Gasteiger partial charge is 0.00134 e. The maximum atomic E-state index is 5.25. The van der Waals surface area contributed by atoms with E-state index in [1.54, 1.807) is 0 Å². The Hall–Kier alpha value is -1.74. The zero-order valence-corrected chi connectivity index (χ0v) is 8.62. The van der Waals surface area contributed by atoms with Gasteiger partial charge in [-0.05, 0) is 30.6 Å². The first-order valence-electron chi connectivity index (χ1n) is 4.61. The summed E-state index contributed by atoms with van der Waals surface area (Å²) >= 11 is 0. The Morgan fingerprint density at radius 1 is 1.14 bits per heavy atom. The fraction of sp³-hybridized carbons (Fsp3) is 0.143. The van der Waals surface area contributed by atoms with Crippen molar-refractivity contribution in [2.75, 3.05) is 0 Å². The Morgan fingerprint density at radius 2 is 1.79 bits per heavy atom. The van der Waals surface area contributed by atoms with E-state index in [9.17, 15) is 0 Å². The Balaban J connectivity index is 2.87. The summed E-state index contributed by atoms with van der Waals surface area (Å²) in [6.07, 6.45) is 9.26. The Morgan fingerprint density at radius 3 is 2.36 bits per heavy atom. The summed E-state index contributed by atoms with van der Waals surface area (Å²) in [6.45, 7) is 4.00. The number of rotatable bonds is 2. The van der Waals surface area contributed by atoms with Gasteiger partial charge in [0.1, 0.15) is 0 Å². The predicted octanol–water partition coefficient (Wildman–Crippen LogP) is 3.67. The van der Waals surface area contributed by atoms with E-state index in [-0.39, 0.29) is 0 Å². The molecule has 14 heavy (non-hydrogen) atoms. The Kier molecular flexibility index (Phi) is 3.76. The van der Waals surface area contributed by atoms with E-state index in [0.717, 1.165) is 5.57 Å². The molecular formula is C14H14. The van der Waals surface area contributed by atoms with Crippen LogP contribution in [0.4, 0.5) is 0 Å². The van der Waals surface area contributed by atoms with E-state index in [2.05, 4.69) is 25.0 Å². The second-order valence-corrected chi connectivity index (χ2v) is 3.21. The number of benzene rings is 1. The first kappa shape index (κ1) is 10.3. The van der Waals surface area contributed by atoms with Crippen molar-refractivity contribution >= 4 is 5.57 Å². The van der Waals surface area contributed by atoms with Gasteiger partial charge in [0, 0.05) is 0 Å². The molecule has 0 unspecified atom stereocenters. The van der Waals surface area contributed by atoms with Crippen molar-refractivity contribution in [3.8, 4) is 12.3 Å². The third kappa shape index (κ3) is 2.95. The summed E-state index contributed by atoms with van der Waals surface area (Å²) in [5.41, 5.74) is 3.40. The van der Waals surface area contributed by atoms with Crippen LogP contribution in [-0.4, -0.2) is 0 Å². The SMILES string of the molecule is C#CC(C)=CC=C(C)c1ccccc1. The first-order chi connectivity index (χ1) is 6.74. The van der Waals surface area contributed by atoms with Gasteiger partial charge in [-0.25, -0.2) is 0 Å². The van der Waals surface area contributed by atoms with Crippen molar-refractivity contribution < 1.29 is 0 Å². The van der Waals surface area contributed by atoms with Gasteiger partial charge in [0.2, 0.25) is 0 Å². The average Bonchev–Trinajstić information content (AvgIpc) is 2.26. The molecule has 0 fully saturated rings. The van der Waals surface area contributed by atoms with E-state index in [1.807, 2.05) is 37.3 Å². The van der Waals surface area contributed by atoms with Crippen molar-refractivity contribution in [2.24, 2.45) is 0 Å². The highest BCUT2D eigenvalue weighted by Crippen LogP contribution is 2.12. The molecule has 70 valence electrons. The quantitative estimate of drug-likeness (QED) is 0.483. The van der Waals surface area contributed by atoms with Crippen molar-refractivity contribution in [3.63, 3.8) is 0 Å². The summed E-state index contributed by atoms with van der Waals surface area (Å²) < 4.78 is 0. The van der Waals surface area contributed by atoms with Gasteiger partial charge in [0.15, 0.2) is 0 Å². The number of hydrogen-bond donors (Lipinski definition) is 0. The molecule has 0 aromatic heterocycles. The van der Waals surface area contributed by atoms with Crippen LogP contribution >= 0.6 is 0 Å². The van der Waals surface area contributed by atoms with Gasteiger partial charge in [-0.2, -0.15) is 0 Å². The van der Waals surface area contributed by atoms with E-state index in [0.29, 0.717) is 0 Å². The van der Waals surface area contributed by atoms with E-state index in [1.165, 1.54) is 11.1 Å². The highest BCUT2D eigenvalue weighted by Gasteiger charge is 1.90. The lowest BCUT2D eigenvalue weighted by atomic mass is 10.1. The van der Waals surface area contributed by atoms with Crippen molar-refractivity contribution in [2.45, 2.75) is 13.8 Å². The first-order valence-corrected chi connectivity index (χ1v) is 4.61. The minimum atomic E-state index is 0.945. The van der Waals surface area contributed by atoms with Gasteiger partial charge >= 0.3 is 0 Å². The highest BCUT2D eigenvalue weighted by atomic mass is 14.0. The molecule has 0 heteroatoms. The molecule has 0 spiro atoms. The minimum absolute atomic E-state index is 0.945. The van der Waals surface area contributed by atoms with E-state index in [4.69, 9.17) is 6.42 Å². The number of allylic oxidation sites excluding steroid dienone is 4. The zero-order valence-electron chi connectivity index (χ0n) is 8.62. The molecule has 0 amide bonds. The monoisotopic (exact) mass is 182 g/mol. The van der Waals surface area contributed by atoms with Crippen LogP contribution in [0, 0.1) is 12.3 Å². The molecule has 1 aromatic rings. The van der Waals surface area contributed by atoms with E-state index >= 15 is 0 Å². The van der Waals surface area contributed by atoms with Gasteiger partial charge in [0.05, 0.1) is 0 Å². The van der Waals surface area contributed by atoms with Crippen LogP contribution in [0.1, 0.15) is 19.4 Å². The molecule has 0 radical (unpaired) electrons. The molecular weight excluding hydrogens is 168 g/mol. The summed E-state index contributed by atoms with van der Waals surface area (Å²) in [5.74, 6) is 2.59. The Bertz CT molecular complexity index is 386. The molecule has 0 saturated carbocycles. The maximum Gasteiger partial charge on any atom is -0.00134 e. The molecule has 0 nitrogen and oxygen atoms in total. The van der Waals surface area contributed by atoms with Gasteiger partial charge in [-0.1, -0.05) is 48.4 Å². The molecule has 1 rings (SSSR count).